The van der Waals surface area contributed by atoms with E-state index in [-0.39, 0.29) is 19.8 Å². The van der Waals surface area contributed by atoms with Gasteiger partial charge in [0.2, 0.25) is 5.91 Å². The van der Waals surface area contributed by atoms with Gasteiger partial charge < -0.3 is 24.2 Å². The first-order valence-electron chi connectivity index (χ1n) is 12.8. The molecule has 7 nitrogen and oxygen atoms in total. The molecule has 0 aliphatic carbocycles. The number of carbonyl (C=O) groups is 2. The van der Waals surface area contributed by atoms with Crippen molar-refractivity contribution in [1.82, 2.24) is 10.6 Å². The first-order chi connectivity index (χ1) is 19.5. The van der Waals surface area contributed by atoms with Crippen LogP contribution < -0.4 is 10.6 Å². The molecule has 4 rings (SSSR count). The predicted molar refractivity (Wildman–Crippen MR) is 159 cm³/mol. The summed E-state index contributed by atoms with van der Waals surface area (Å²) in [6.07, 6.45) is 0. The van der Waals surface area contributed by atoms with Crippen molar-refractivity contribution in [1.29, 1.82) is 0 Å². The molecule has 40 heavy (non-hydrogen) atoms. The van der Waals surface area contributed by atoms with Crippen molar-refractivity contribution in [2.24, 2.45) is 0 Å². The molecule has 4 aromatic rings. The highest BCUT2D eigenvalue weighted by Gasteiger charge is 2.28. The monoisotopic (exact) mass is 574 g/mol. The highest BCUT2D eigenvalue weighted by molar-refractivity contribution is 8.07. The van der Waals surface area contributed by atoms with Crippen molar-refractivity contribution in [2.45, 2.75) is 25.8 Å². The zero-order valence-electron chi connectivity index (χ0n) is 21.8. The molecule has 0 heterocycles. The quantitative estimate of drug-likeness (QED) is 0.186. The molecule has 2 amide bonds. The van der Waals surface area contributed by atoms with Crippen LogP contribution in [0.2, 0.25) is 0 Å². The molecule has 0 aromatic heterocycles. The molecule has 2 N–H and O–H groups in total. The smallest absolute Gasteiger partial charge is 0.327 e. The van der Waals surface area contributed by atoms with Gasteiger partial charge >= 0.3 is 6.72 Å². The minimum Gasteiger partial charge on any atom is -0.350 e. The van der Waals surface area contributed by atoms with Crippen LogP contribution in [0.25, 0.3) is 0 Å². The molecule has 0 unspecified atom stereocenters. The Morgan fingerprint density at radius 2 is 1.10 bits per heavy atom. The van der Waals surface area contributed by atoms with Crippen LogP contribution in [0.4, 0.5) is 0 Å². The maximum atomic E-state index is 13.2. The van der Waals surface area contributed by atoms with Gasteiger partial charge in [0.15, 0.2) is 0 Å². The van der Waals surface area contributed by atoms with E-state index in [4.69, 9.17) is 25.4 Å². The lowest BCUT2D eigenvalue weighted by molar-refractivity contribution is -0.123. The van der Waals surface area contributed by atoms with E-state index in [0.717, 1.165) is 16.7 Å². The van der Waals surface area contributed by atoms with Crippen molar-refractivity contribution in [3.8, 4) is 0 Å². The molecule has 0 radical (unpaired) electrons. The summed E-state index contributed by atoms with van der Waals surface area (Å²) in [4.78, 5) is 26.2. The van der Waals surface area contributed by atoms with Crippen LogP contribution in [0.5, 0.6) is 0 Å². The molecule has 0 fully saturated rings. The topological polar surface area (TPSA) is 85.9 Å². The van der Waals surface area contributed by atoms with Gasteiger partial charge in [-0.2, -0.15) is 0 Å². The van der Waals surface area contributed by atoms with Crippen molar-refractivity contribution in [3.05, 3.63) is 144 Å². The summed E-state index contributed by atoms with van der Waals surface area (Å²) in [5, 5.41) is 5.64. The summed E-state index contributed by atoms with van der Waals surface area (Å²) in [6.45, 7) is -2.93. The third-order valence-electron chi connectivity index (χ3n) is 5.83. The minimum atomic E-state index is -3.33. The lowest BCUT2D eigenvalue weighted by Gasteiger charge is -2.25. The van der Waals surface area contributed by atoms with E-state index in [9.17, 15) is 9.59 Å². The van der Waals surface area contributed by atoms with Gasteiger partial charge in [0.25, 0.3) is 5.91 Å². The van der Waals surface area contributed by atoms with E-state index in [1.165, 1.54) is 0 Å². The molecule has 4 aromatic carbocycles. The number of benzene rings is 4. The lowest BCUT2D eigenvalue weighted by Crippen LogP contribution is -2.49. The Morgan fingerprint density at radius 1 is 0.650 bits per heavy atom. The molecule has 0 spiro atoms. The van der Waals surface area contributed by atoms with Crippen LogP contribution >= 0.6 is 6.72 Å². The maximum Gasteiger partial charge on any atom is 0.327 e. The minimum absolute atomic E-state index is 0.175. The number of hydrogen-bond donors (Lipinski definition) is 2. The van der Waals surface area contributed by atoms with Crippen LogP contribution in [-0.2, 0) is 49.9 Å². The number of hydrogen-bond acceptors (Lipinski definition) is 6. The van der Waals surface area contributed by atoms with E-state index in [0.29, 0.717) is 12.1 Å². The van der Waals surface area contributed by atoms with Crippen LogP contribution in [0, 0.1) is 0 Å². The average molecular weight is 575 g/mol. The summed E-state index contributed by atoms with van der Waals surface area (Å²) >= 11 is 5.75. The van der Waals surface area contributed by atoms with E-state index < -0.39 is 24.6 Å². The van der Waals surface area contributed by atoms with Gasteiger partial charge in [0.1, 0.15) is 6.04 Å². The number of carbonyl (C=O) groups excluding carboxylic acids is 2. The molecule has 0 aliphatic rings. The standard InChI is InChI=1S/C31H31N2O5PS/c34-30(28-19-11-4-12-20-28)33-29(31(35)32-21-25-13-5-1-6-14-25)24-38-39(40,36-22-26-15-7-2-8-16-26)37-23-27-17-9-3-10-18-27/h1-20,29H,21-24H2,(H,32,35)(H,33,34)/t29-/m0/s1. The van der Waals surface area contributed by atoms with E-state index in [2.05, 4.69) is 10.6 Å². The van der Waals surface area contributed by atoms with Crippen LogP contribution in [-0.4, -0.2) is 24.5 Å². The summed E-state index contributed by atoms with van der Waals surface area (Å²) in [5.74, 6) is -0.825. The Morgan fingerprint density at radius 3 is 1.60 bits per heavy atom. The predicted octanol–water partition coefficient (Wildman–Crippen LogP) is 5.78. The molecule has 1 atom stereocenters. The Balaban J connectivity index is 1.48. The number of amides is 2. The molecular formula is C31H31N2O5PS. The van der Waals surface area contributed by atoms with E-state index in [1.807, 2.05) is 97.1 Å². The zero-order valence-corrected chi connectivity index (χ0v) is 23.6. The normalized spacial score (nSPS) is 11.9. The fourth-order valence-corrected chi connectivity index (χ4v) is 5.32. The zero-order chi connectivity index (χ0) is 28.0. The molecule has 0 aliphatic heterocycles. The summed E-state index contributed by atoms with van der Waals surface area (Å²) in [5.41, 5.74) is 3.15. The van der Waals surface area contributed by atoms with Gasteiger partial charge in [-0.15, -0.1) is 0 Å². The van der Waals surface area contributed by atoms with Crippen molar-refractivity contribution in [3.63, 3.8) is 0 Å². The first-order valence-corrected chi connectivity index (χ1v) is 15.4. The Kier molecular flexibility index (Phi) is 11.2. The van der Waals surface area contributed by atoms with Crippen LogP contribution in [0.1, 0.15) is 27.0 Å². The fourth-order valence-electron chi connectivity index (χ4n) is 3.66. The summed E-state index contributed by atoms with van der Waals surface area (Å²) in [7, 11) is 0. The van der Waals surface area contributed by atoms with Gasteiger partial charge in [0.05, 0.1) is 19.8 Å². The van der Waals surface area contributed by atoms with Gasteiger partial charge in [-0.3, -0.25) is 9.59 Å². The lowest BCUT2D eigenvalue weighted by atomic mass is 10.2. The van der Waals surface area contributed by atoms with Gasteiger partial charge in [-0.05, 0) is 40.6 Å². The Bertz CT molecular complexity index is 1350. The van der Waals surface area contributed by atoms with Crippen LogP contribution in [0.15, 0.2) is 121 Å². The summed E-state index contributed by atoms with van der Waals surface area (Å²) in [6, 6.07) is 36.2. The molecule has 0 saturated heterocycles. The van der Waals surface area contributed by atoms with Gasteiger partial charge in [0, 0.05) is 12.1 Å². The number of rotatable bonds is 14. The summed E-state index contributed by atoms with van der Waals surface area (Å²) < 4.78 is 18.1. The second-order valence-corrected chi connectivity index (χ2v) is 11.9. The highest BCUT2D eigenvalue weighted by atomic mass is 32.5. The molecule has 206 valence electrons. The van der Waals surface area contributed by atoms with E-state index in [1.54, 1.807) is 24.3 Å². The SMILES string of the molecule is O=C(N[C@@H](COP(=S)(OCc1ccccc1)OCc1ccccc1)C(=O)NCc1ccccc1)c1ccccc1. The number of nitrogens with one attached hydrogen (secondary N) is 2. The Labute approximate surface area is 239 Å². The Hall–Kier alpha value is -3.65. The second-order valence-electron chi connectivity index (χ2n) is 8.86. The van der Waals surface area contributed by atoms with Crippen molar-refractivity contribution < 1.29 is 23.2 Å². The van der Waals surface area contributed by atoms with Gasteiger partial charge in [-0.1, -0.05) is 109 Å². The molecule has 0 bridgehead atoms. The van der Waals surface area contributed by atoms with E-state index >= 15 is 0 Å². The van der Waals surface area contributed by atoms with Crippen molar-refractivity contribution in [2.75, 3.05) is 6.61 Å². The third kappa shape index (κ3) is 9.52. The molecule has 0 saturated carbocycles. The fraction of sp³-hybridized carbons (Fsp3) is 0.161. The maximum absolute atomic E-state index is 13.2. The molecular weight excluding hydrogens is 543 g/mol. The average Bonchev–Trinajstić information content (AvgIpc) is 3.02. The third-order valence-corrected chi connectivity index (χ3v) is 8.14. The first kappa shape index (κ1) is 29.3. The highest BCUT2D eigenvalue weighted by Crippen LogP contribution is 2.51. The second kappa shape index (κ2) is 15.2. The van der Waals surface area contributed by atoms with Crippen molar-refractivity contribution >= 4 is 30.3 Å². The molecule has 9 heteroatoms. The van der Waals surface area contributed by atoms with Crippen LogP contribution in [0.3, 0.4) is 0 Å². The van der Waals surface area contributed by atoms with Gasteiger partial charge in [-0.25, -0.2) is 0 Å². The largest absolute Gasteiger partial charge is 0.350 e.